The number of hydrogen-bond acceptors (Lipinski definition) is 7. The second-order valence-electron chi connectivity index (χ2n) is 7.13. The number of nitrogens with one attached hydrogen (secondary N) is 1. The molecule has 1 N–H and O–H groups in total. The SMILES string of the molecule is COc1ccc(N2C(=O)/C(=C\c3cccs3)N=C2SCC(=O)NC[C@H]2CCCO2)cc1Cl. The molecule has 0 saturated carbocycles. The Morgan fingerprint density at radius 2 is 2.34 bits per heavy atom. The minimum absolute atomic E-state index is 0.0765. The van der Waals surface area contributed by atoms with Crippen LogP contribution in [0.4, 0.5) is 5.69 Å². The van der Waals surface area contributed by atoms with Crippen LogP contribution < -0.4 is 15.0 Å². The molecule has 0 radical (unpaired) electrons. The highest BCUT2D eigenvalue weighted by Crippen LogP contribution is 2.34. The van der Waals surface area contributed by atoms with Gasteiger partial charge in [-0.05, 0) is 48.6 Å². The zero-order valence-electron chi connectivity index (χ0n) is 17.4. The summed E-state index contributed by atoms with van der Waals surface area (Å²) in [7, 11) is 1.53. The predicted molar refractivity (Wildman–Crippen MR) is 130 cm³/mol. The molecule has 3 heterocycles. The van der Waals surface area contributed by atoms with Gasteiger partial charge in [0.15, 0.2) is 5.17 Å². The molecule has 168 valence electrons. The van der Waals surface area contributed by atoms with E-state index < -0.39 is 0 Å². The van der Waals surface area contributed by atoms with E-state index in [9.17, 15) is 9.59 Å². The van der Waals surface area contributed by atoms with Crippen LogP contribution in [0.5, 0.6) is 5.75 Å². The van der Waals surface area contributed by atoms with Crippen LogP contribution in [0.1, 0.15) is 17.7 Å². The first-order chi connectivity index (χ1) is 15.5. The molecule has 1 aromatic carbocycles. The highest BCUT2D eigenvalue weighted by atomic mass is 35.5. The monoisotopic (exact) mass is 491 g/mol. The van der Waals surface area contributed by atoms with Crippen LogP contribution >= 0.6 is 34.7 Å². The molecule has 4 rings (SSSR count). The van der Waals surface area contributed by atoms with Gasteiger partial charge in [0.05, 0.1) is 29.7 Å². The number of amidine groups is 1. The van der Waals surface area contributed by atoms with Gasteiger partial charge in [-0.25, -0.2) is 4.99 Å². The Labute approximate surface area is 199 Å². The average molecular weight is 492 g/mol. The average Bonchev–Trinajstić information content (AvgIpc) is 3.54. The first-order valence-electron chi connectivity index (χ1n) is 10.1. The molecule has 0 aliphatic carbocycles. The number of aliphatic imine (C=N–C) groups is 1. The van der Waals surface area contributed by atoms with E-state index in [1.165, 1.54) is 35.1 Å². The van der Waals surface area contributed by atoms with Gasteiger partial charge in [-0.15, -0.1) is 11.3 Å². The highest BCUT2D eigenvalue weighted by Gasteiger charge is 2.33. The zero-order chi connectivity index (χ0) is 22.5. The Balaban J connectivity index is 1.51. The Kier molecular flexibility index (Phi) is 7.51. The maximum absolute atomic E-state index is 13.2. The largest absolute Gasteiger partial charge is 0.495 e. The molecule has 0 bridgehead atoms. The van der Waals surface area contributed by atoms with E-state index in [1.807, 2.05) is 17.5 Å². The van der Waals surface area contributed by atoms with Crippen molar-refractivity contribution >= 4 is 63.4 Å². The summed E-state index contributed by atoms with van der Waals surface area (Å²) in [6, 6.07) is 8.92. The van der Waals surface area contributed by atoms with Crippen molar-refractivity contribution < 1.29 is 19.1 Å². The van der Waals surface area contributed by atoms with Crippen LogP contribution in [0.25, 0.3) is 6.08 Å². The van der Waals surface area contributed by atoms with Crippen molar-refractivity contribution in [2.75, 3.05) is 30.9 Å². The predicted octanol–water partition coefficient (Wildman–Crippen LogP) is 4.18. The summed E-state index contributed by atoms with van der Waals surface area (Å²) >= 11 is 9.01. The van der Waals surface area contributed by atoms with Crippen LogP contribution in [-0.4, -0.2) is 49.1 Å². The number of ether oxygens (including phenoxy) is 2. The quantitative estimate of drug-likeness (QED) is 0.587. The Morgan fingerprint density at radius 3 is 3.03 bits per heavy atom. The lowest BCUT2D eigenvalue weighted by Crippen LogP contribution is -2.35. The van der Waals surface area contributed by atoms with Crippen LogP contribution in [0, 0.1) is 0 Å². The molecule has 1 fully saturated rings. The molecule has 2 aliphatic heterocycles. The summed E-state index contributed by atoms with van der Waals surface area (Å²) in [6.07, 6.45) is 3.80. The fraction of sp³-hybridized carbons (Fsp3) is 0.318. The first kappa shape index (κ1) is 22.8. The Morgan fingerprint density at radius 1 is 1.47 bits per heavy atom. The van der Waals surface area contributed by atoms with Crippen molar-refractivity contribution in [3.05, 3.63) is 51.3 Å². The fourth-order valence-electron chi connectivity index (χ4n) is 3.34. The molecule has 1 aromatic heterocycles. The van der Waals surface area contributed by atoms with Crippen molar-refractivity contribution in [2.45, 2.75) is 18.9 Å². The number of halogens is 1. The van der Waals surface area contributed by atoms with Crippen LogP contribution in [0.15, 0.2) is 46.4 Å². The fourth-order valence-corrected chi connectivity index (χ4v) is 5.08. The molecule has 1 saturated heterocycles. The minimum atomic E-state index is -0.276. The van der Waals surface area contributed by atoms with E-state index >= 15 is 0 Å². The number of hydrogen-bond donors (Lipinski definition) is 1. The van der Waals surface area contributed by atoms with E-state index in [1.54, 1.807) is 24.3 Å². The number of benzene rings is 1. The summed E-state index contributed by atoms with van der Waals surface area (Å²) in [4.78, 5) is 32.5. The van der Waals surface area contributed by atoms with Gasteiger partial charge in [-0.1, -0.05) is 29.4 Å². The third kappa shape index (κ3) is 5.35. The van der Waals surface area contributed by atoms with Crippen LogP contribution in [0.3, 0.4) is 0 Å². The summed E-state index contributed by atoms with van der Waals surface area (Å²) in [6.45, 7) is 1.24. The summed E-state index contributed by atoms with van der Waals surface area (Å²) in [5.74, 6) is 0.230. The second kappa shape index (κ2) is 10.5. The number of anilines is 1. The summed E-state index contributed by atoms with van der Waals surface area (Å²) in [5.41, 5.74) is 0.864. The normalized spacial score (nSPS) is 19.5. The smallest absolute Gasteiger partial charge is 0.283 e. The van der Waals surface area contributed by atoms with Gasteiger partial charge in [0.1, 0.15) is 11.4 Å². The van der Waals surface area contributed by atoms with Gasteiger partial charge in [0.25, 0.3) is 5.91 Å². The molecule has 2 amide bonds. The second-order valence-corrected chi connectivity index (χ2v) is 9.46. The topological polar surface area (TPSA) is 80.2 Å². The van der Waals surface area contributed by atoms with Gasteiger partial charge in [0, 0.05) is 18.0 Å². The molecule has 7 nitrogen and oxygen atoms in total. The minimum Gasteiger partial charge on any atom is -0.495 e. The third-order valence-electron chi connectivity index (χ3n) is 4.93. The maximum Gasteiger partial charge on any atom is 0.283 e. The molecular formula is C22H22ClN3O4S2. The number of nitrogens with zero attached hydrogens (tertiary/aromatic N) is 2. The molecular weight excluding hydrogens is 470 g/mol. The lowest BCUT2D eigenvalue weighted by atomic mass is 10.2. The Hall–Kier alpha value is -2.33. The van der Waals surface area contributed by atoms with E-state index in [0.29, 0.717) is 33.9 Å². The summed E-state index contributed by atoms with van der Waals surface area (Å²) < 4.78 is 10.7. The van der Waals surface area contributed by atoms with E-state index in [-0.39, 0.29) is 23.7 Å². The van der Waals surface area contributed by atoms with Gasteiger partial charge < -0.3 is 14.8 Å². The number of carbonyl (C=O) groups is 2. The molecule has 0 spiro atoms. The molecule has 0 unspecified atom stereocenters. The van der Waals surface area contributed by atoms with Crippen molar-refractivity contribution in [1.82, 2.24) is 5.32 Å². The van der Waals surface area contributed by atoms with E-state index in [4.69, 9.17) is 21.1 Å². The standard InChI is InChI=1S/C22H22ClN3O4S2/c1-29-19-7-6-14(10-17(19)23)26-21(28)18(11-16-5-3-9-31-16)25-22(26)32-13-20(27)24-12-15-4-2-8-30-15/h3,5-7,9-11,15H,2,4,8,12-13H2,1H3,(H,24,27)/b18-11+/t15-/m1/s1. The first-order valence-corrected chi connectivity index (χ1v) is 12.3. The molecule has 32 heavy (non-hydrogen) atoms. The zero-order valence-corrected chi connectivity index (χ0v) is 19.8. The van der Waals surface area contributed by atoms with Crippen LogP contribution in [0.2, 0.25) is 5.02 Å². The van der Waals surface area contributed by atoms with Gasteiger partial charge in [0.2, 0.25) is 5.91 Å². The lowest BCUT2D eigenvalue weighted by Gasteiger charge is -2.19. The van der Waals surface area contributed by atoms with E-state index in [2.05, 4.69) is 10.3 Å². The number of methoxy groups -OCH3 is 1. The highest BCUT2D eigenvalue weighted by molar-refractivity contribution is 8.14. The van der Waals surface area contributed by atoms with Gasteiger partial charge >= 0.3 is 0 Å². The van der Waals surface area contributed by atoms with Crippen molar-refractivity contribution in [1.29, 1.82) is 0 Å². The molecule has 2 aliphatic rings. The maximum atomic E-state index is 13.2. The van der Waals surface area contributed by atoms with Gasteiger partial charge in [-0.2, -0.15) is 0 Å². The number of thioether (sulfide) groups is 1. The van der Waals surface area contributed by atoms with Crippen molar-refractivity contribution in [3.63, 3.8) is 0 Å². The van der Waals surface area contributed by atoms with Crippen LogP contribution in [-0.2, 0) is 14.3 Å². The van der Waals surface area contributed by atoms with Crippen molar-refractivity contribution in [3.8, 4) is 5.75 Å². The van der Waals surface area contributed by atoms with Crippen molar-refractivity contribution in [2.24, 2.45) is 4.99 Å². The summed E-state index contributed by atoms with van der Waals surface area (Å²) in [5, 5.41) is 5.63. The molecule has 1 atom stereocenters. The number of rotatable bonds is 7. The Bertz CT molecular complexity index is 1050. The number of amides is 2. The van der Waals surface area contributed by atoms with Gasteiger partial charge in [-0.3, -0.25) is 14.5 Å². The number of thiophene rings is 1. The van der Waals surface area contributed by atoms with E-state index in [0.717, 1.165) is 24.3 Å². The lowest BCUT2D eigenvalue weighted by molar-refractivity contribution is -0.119. The number of carbonyl (C=O) groups excluding carboxylic acids is 2. The molecule has 10 heteroatoms. The molecule has 2 aromatic rings. The third-order valence-corrected chi connectivity index (χ3v) is 6.98.